The maximum atomic E-state index is 12.9. The highest BCUT2D eigenvalue weighted by Gasteiger charge is 2.34. The van der Waals surface area contributed by atoms with Gasteiger partial charge in [0.2, 0.25) is 15.9 Å². The van der Waals surface area contributed by atoms with E-state index in [-0.39, 0.29) is 23.9 Å². The van der Waals surface area contributed by atoms with Crippen molar-refractivity contribution in [3.8, 4) is 0 Å². The van der Waals surface area contributed by atoms with Crippen LogP contribution in [-0.2, 0) is 14.8 Å². The maximum Gasteiger partial charge on any atom is 0.405 e. The molecule has 1 fully saturated rings. The zero-order valence-corrected chi connectivity index (χ0v) is 18.5. The number of sulfonamides is 1. The first-order valence-corrected chi connectivity index (χ1v) is 11.6. The highest BCUT2D eigenvalue weighted by molar-refractivity contribution is 7.89. The Morgan fingerprint density at radius 2 is 2.03 bits per heavy atom. The van der Waals surface area contributed by atoms with Crippen molar-refractivity contribution in [2.75, 3.05) is 13.1 Å². The van der Waals surface area contributed by atoms with Crippen molar-refractivity contribution in [2.24, 2.45) is 5.92 Å². The van der Waals surface area contributed by atoms with Gasteiger partial charge in [-0.05, 0) is 43.4 Å². The molecule has 9 nitrogen and oxygen atoms in total. The first-order chi connectivity index (χ1) is 14.0. The second kappa shape index (κ2) is 10.4. The number of benzene rings is 1. The molecule has 0 bridgehead atoms. The number of β-amino-alcohol motifs (C(OH)–C–C–N with tert-alkyl or cyclic N) is 1. The molecule has 11 heteroatoms. The predicted octanol–water partition coefficient (Wildman–Crippen LogP) is 1.65. The molecule has 1 heterocycles. The van der Waals surface area contributed by atoms with Gasteiger partial charge in [-0.1, -0.05) is 31.5 Å². The van der Waals surface area contributed by atoms with Crippen molar-refractivity contribution >= 4 is 33.6 Å². The Morgan fingerprint density at radius 3 is 2.63 bits per heavy atom. The number of carbonyl (C=O) groups is 2. The molecule has 2 unspecified atom stereocenters. The number of amides is 2. The minimum absolute atomic E-state index is 0.0346. The molecule has 3 atom stereocenters. The smallest absolute Gasteiger partial charge is 0.405 e. The van der Waals surface area contributed by atoms with Crippen LogP contribution in [0.15, 0.2) is 29.2 Å². The van der Waals surface area contributed by atoms with Crippen LogP contribution in [0, 0.1) is 5.92 Å². The lowest BCUT2D eigenvalue weighted by molar-refractivity contribution is -0.125. The largest absolute Gasteiger partial charge is 0.465 e. The number of halogens is 1. The van der Waals surface area contributed by atoms with Gasteiger partial charge in [0.25, 0.3) is 0 Å². The Kier molecular flexibility index (Phi) is 8.48. The van der Waals surface area contributed by atoms with Gasteiger partial charge in [-0.25, -0.2) is 13.2 Å². The molecule has 1 aromatic rings. The number of hydrogen-bond acceptors (Lipinski definition) is 5. The molecule has 2 rings (SSSR count). The fraction of sp³-hybridized carbons (Fsp3) is 0.579. The van der Waals surface area contributed by atoms with Gasteiger partial charge >= 0.3 is 6.09 Å². The van der Waals surface area contributed by atoms with Gasteiger partial charge in [0.1, 0.15) is 6.04 Å². The Labute approximate surface area is 181 Å². The minimum Gasteiger partial charge on any atom is -0.465 e. The van der Waals surface area contributed by atoms with E-state index in [0.29, 0.717) is 24.3 Å². The van der Waals surface area contributed by atoms with Gasteiger partial charge in [-0.2, -0.15) is 4.31 Å². The third kappa shape index (κ3) is 6.56. The van der Waals surface area contributed by atoms with Crippen LogP contribution in [0.1, 0.15) is 33.1 Å². The quantitative estimate of drug-likeness (QED) is 0.487. The van der Waals surface area contributed by atoms with Crippen molar-refractivity contribution in [3.63, 3.8) is 0 Å². The number of nitrogens with zero attached hydrogens (tertiary/aromatic N) is 1. The third-order valence-electron chi connectivity index (χ3n) is 4.86. The molecule has 168 valence electrons. The molecule has 1 aliphatic heterocycles. The molecule has 0 aliphatic carbocycles. The van der Waals surface area contributed by atoms with E-state index in [2.05, 4.69) is 10.6 Å². The van der Waals surface area contributed by atoms with Crippen molar-refractivity contribution in [2.45, 2.75) is 56.2 Å². The predicted molar refractivity (Wildman–Crippen MR) is 112 cm³/mol. The molecule has 2 amide bonds. The highest BCUT2D eigenvalue weighted by Crippen LogP contribution is 2.23. The summed E-state index contributed by atoms with van der Waals surface area (Å²) < 4.78 is 27.0. The molecular weight excluding hydrogens is 434 g/mol. The van der Waals surface area contributed by atoms with Crippen LogP contribution in [0.4, 0.5) is 4.79 Å². The highest BCUT2D eigenvalue weighted by atomic mass is 35.5. The number of rotatable bonds is 7. The van der Waals surface area contributed by atoms with E-state index in [1.165, 1.54) is 22.5 Å². The van der Waals surface area contributed by atoms with Gasteiger partial charge < -0.3 is 20.8 Å². The van der Waals surface area contributed by atoms with Crippen molar-refractivity contribution in [1.82, 2.24) is 14.9 Å². The van der Waals surface area contributed by atoms with E-state index in [9.17, 15) is 23.1 Å². The van der Waals surface area contributed by atoms with Crippen LogP contribution in [0.25, 0.3) is 0 Å². The van der Waals surface area contributed by atoms with E-state index < -0.39 is 40.2 Å². The minimum atomic E-state index is -3.85. The lowest BCUT2D eigenvalue weighted by atomic mass is 10.0. The van der Waals surface area contributed by atoms with E-state index in [0.717, 1.165) is 0 Å². The van der Waals surface area contributed by atoms with Crippen molar-refractivity contribution in [1.29, 1.82) is 0 Å². The SMILES string of the molecule is CC(C)C[C@H](NC(=O)O)C(=O)NC1CCCN(S(=O)(=O)c2cccc(Cl)c2)CC1O. The molecule has 4 N–H and O–H groups in total. The van der Waals surface area contributed by atoms with Gasteiger partial charge in [0, 0.05) is 18.1 Å². The summed E-state index contributed by atoms with van der Waals surface area (Å²) in [6.45, 7) is 3.72. The molecule has 30 heavy (non-hydrogen) atoms. The zero-order valence-electron chi connectivity index (χ0n) is 16.9. The number of hydrogen-bond donors (Lipinski definition) is 4. The van der Waals surface area contributed by atoms with Gasteiger partial charge in [0.15, 0.2) is 0 Å². The van der Waals surface area contributed by atoms with Gasteiger partial charge in [-0.3, -0.25) is 4.79 Å². The number of nitrogens with one attached hydrogen (secondary N) is 2. The summed E-state index contributed by atoms with van der Waals surface area (Å²) in [7, 11) is -3.85. The average Bonchev–Trinajstić information content (AvgIpc) is 2.82. The first-order valence-electron chi connectivity index (χ1n) is 9.74. The summed E-state index contributed by atoms with van der Waals surface area (Å²) in [6, 6.07) is 4.25. The molecule has 1 saturated heterocycles. The molecule has 1 aromatic carbocycles. The molecule has 0 saturated carbocycles. The van der Waals surface area contributed by atoms with Crippen LogP contribution in [-0.4, -0.2) is 66.2 Å². The lowest BCUT2D eigenvalue weighted by Crippen LogP contribution is -2.53. The van der Waals surface area contributed by atoms with Crippen LogP contribution < -0.4 is 10.6 Å². The molecule has 0 spiro atoms. The monoisotopic (exact) mass is 461 g/mol. The van der Waals surface area contributed by atoms with Gasteiger partial charge in [0.05, 0.1) is 17.0 Å². The van der Waals surface area contributed by atoms with Crippen LogP contribution in [0.2, 0.25) is 5.02 Å². The second-order valence-electron chi connectivity index (χ2n) is 7.78. The zero-order chi connectivity index (χ0) is 22.5. The van der Waals surface area contributed by atoms with Gasteiger partial charge in [-0.15, -0.1) is 0 Å². The summed E-state index contributed by atoms with van der Waals surface area (Å²) in [6.07, 6.45) is -1.37. The third-order valence-corrected chi connectivity index (χ3v) is 6.96. The molecule has 1 aliphatic rings. The van der Waals surface area contributed by atoms with E-state index >= 15 is 0 Å². The van der Waals surface area contributed by atoms with E-state index in [1.54, 1.807) is 6.07 Å². The average molecular weight is 462 g/mol. The Bertz CT molecular complexity index is 864. The van der Waals surface area contributed by atoms with Crippen molar-refractivity contribution < 1.29 is 28.2 Å². The Morgan fingerprint density at radius 1 is 1.33 bits per heavy atom. The summed E-state index contributed by atoms with van der Waals surface area (Å²) in [4.78, 5) is 23.6. The fourth-order valence-corrected chi connectivity index (χ4v) is 5.20. The number of carbonyl (C=O) groups excluding carboxylic acids is 1. The standard InChI is InChI=1S/C19H28ClN3O6S/c1-12(2)9-16(22-19(26)27)18(25)21-15-7-4-8-23(11-17(15)24)30(28,29)14-6-3-5-13(20)10-14/h3,5-6,10,12,15-17,22,24H,4,7-9,11H2,1-2H3,(H,21,25)(H,26,27)/t15?,16-,17?/m0/s1. The lowest BCUT2D eigenvalue weighted by Gasteiger charge is -2.27. The summed E-state index contributed by atoms with van der Waals surface area (Å²) in [5.74, 6) is -0.466. The Balaban J connectivity index is 2.10. The molecule has 0 radical (unpaired) electrons. The van der Waals surface area contributed by atoms with Crippen LogP contribution in [0.3, 0.4) is 0 Å². The number of carboxylic acid groups (broad SMARTS) is 1. The van der Waals surface area contributed by atoms with E-state index in [4.69, 9.17) is 16.7 Å². The normalized spacial score (nSPS) is 21.6. The number of aliphatic hydroxyl groups is 1. The topological polar surface area (TPSA) is 136 Å². The van der Waals surface area contributed by atoms with Crippen LogP contribution in [0.5, 0.6) is 0 Å². The molecular formula is C19H28ClN3O6S. The summed E-state index contributed by atoms with van der Waals surface area (Å²) in [5, 5.41) is 24.7. The second-order valence-corrected chi connectivity index (χ2v) is 10.2. The maximum absolute atomic E-state index is 12.9. The summed E-state index contributed by atoms with van der Waals surface area (Å²) >= 11 is 5.91. The fourth-order valence-electron chi connectivity index (χ4n) is 3.41. The summed E-state index contributed by atoms with van der Waals surface area (Å²) in [5.41, 5.74) is 0. The Hall–Kier alpha value is -1.88. The van der Waals surface area contributed by atoms with Crippen LogP contribution >= 0.6 is 11.6 Å². The van der Waals surface area contributed by atoms with E-state index in [1.807, 2.05) is 13.8 Å². The molecule has 0 aromatic heterocycles. The number of aliphatic hydroxyl groups excluding tert-OH is 1. The van der Waals surface area contributed by atoms with Crippen molar-refractivity contribution in [3.05, 3.63) is 29.3 Å². The first kappa shape index (κ1) is 24.4.